The Labute approximate surface area is 198 Å². The summed E-state index contributed by atoms with van der Waals surface area (Å²) in [7, 11) is 3.86. The highest BCUT2D eigenvalue weighted by atomic mass is 127. The molecule has 2 rings (SSSR count). The van der Waals surface area contributed by atoms with Crippen LogP contribution in [0.25, 0.3) is 0 Å². The topological polar surface area (TPSA) is 43.3 Å². The minimum absolute atomic E-state index is 0. The number of nitrogens with one attached hydrogen (secondary N) is 1. The van der Waals surface area contributed by atoms with Crippen molar-refractivity contribution in [3.05, 3.63) is 29.3 Å². The van der Waals surface area contributed by atoms with Crippen molar-refractivity contribution in [1.29, 1.82) is 0 Å². The summed E-state index contributed by atoms with van der Waals surface area (Å²) in [6.45, 7) is 11.8. The van der Waals surface area contributed by atoms with Crippen LogP contribution in [-0.2, 0) is 0 Å². The molecule has 0 unspecified atom stereocenters. The minimum atomic E-state index is 0. The minimum Gasteiger partial charge on any atom is -0.492 e. The lowest BCUT2D eigenvalue weighted by molar-refractivity contribution is 0.136. The van der Waals surface area contributed by atoms with Crippen LogP contribution < -0.4 is 10.1 Å². The van der Waals surface area contributed by atoms with E-state index in [1.54, 1.807) is 0 Å². The summed E-state index contributed by atoms with van der Waals surface area (Å²) in [5, 5.41) is 4.18. The van der Waals surface area contributed by atoms with Crippen molar-refractivity contribution in [2.75, 3.05) is 73.1 Å². The summed E-state index contributed by atoms with van der Waals surface area (Å²) >= 11 is 5.89. The van der Waals surface area contributed by atoms with Gasteiger partial charge in [0.25, 0.3) is 0 Å². The highest BCUT2D eigenvalue weighted by Gasteiger charge is 2.14. The fourth-order valence-electron chi connectivity index (χ4n) is 3.31. The molecule has 166 valence electrons. The molecule has 6 nitrogen and oxygen atoms in total. The number of hydrogen-bond acceptors (Lipinski definition) is 4. The number of nitrogens with zero attached hydrogens (tertiary/aromatic N) is 4. The third-order valence-corrected chi connectivity index (χ3v) is 5.43. The summed E-state index contributed by atoms with van der Waals surface area (Å²) in [4.78, 5) is 11.6. The van der Waals surface area contributed by atoms with Gasteiger partial charge in [0.15, 0.2) is 5.96 Å². The number of benzene rings is 1. The Bertz CT molecular complexity index is 579. The fraction of sp³-hybridized carbons (Fsp3) is 0.667. The zero-order chi connectivity index (χ0) is 20.2. The van der Waals surface area contributed by atoms with Crippen molar-refractivity contribution < 1.29 is 4.74 Å². The van der Waals surface area contributed by atoms with Gasteiger partial charge in [-0.25, -0.2) is 0 Å². The van der Waals surface area contributed by atoms with Crippen LogP contribution in [0.4, 0.5) is 0 Å². The van der Waals surface area contributed by atoms with Gasteiger partial charge in [-0.05, 0) is 50.2 Å². The van der Waals surface area contributed by atoms with E-state index >= 15 is 0 Å². The molecule has 1 saturated heterocycles. The molecule has 0 radical (unpaired) electrons. The third kappa shape index (κ3) is 10.2. The monoisotopic (exact) mass is 537 g/mol. The second-order valence-corrected chi connectivity index (χ2v) is 7.62. The molecule has 0 spiro atoms. The SMILES string of the molecule is CCN1CCN(CCCCNC(=NC)N(C)CCOc2ccc(Cl)cc2)CC1.I. The van der Waals surface area contributed by atoms with E-state index in [1.807, 2.05) is 38.4 Å². The average molecular weight is 538 g/mol. The molecule has 1 fully saturated rings. The first-order valence-electron chi connectivity index (χ1n) is 10.4. The van der Waals surface area contributed by atoms with Gasteiger partial charge in [-0.3, -0.25) is 4.99 Å². The number of hydrogen-bond donors (Lipinski definition) is 1. The van der Waals surface area contributed by atoms with Gasteiger partial charge >= 0.3 is 0 Å². The van der Waals surface area contributed by atoms with Crippen LogP contribution >= 0.6 is 35.6 Å². The molecule has 1 aromatic rings. The number of ether oxygens (including phenoxy) is 1. The van der Waals surface area contributed by atoms with Gasteiger partial charge in [0, 0.05) is 51.8 Å². The van der Waals surface area contributed by atoms with Gasteiger partial charge in [-0.15, -0.1) is 24.0 Å². The highest BCUT2D eigenvalue weighted by Crippen LogP contribution is 2.15. The van der Waals surface area contributed by atoms with E-state index in [4.69, 9.17) is 16.3 Å². The molecule has 0 aromatic heterocycles. The Hall–Kier alpha value is -0.770. The van der Waals surface area contributed by atoms with Gasteiger partial charge in [0.05, 0.1) is 6.54 Å². The van der Waals surface area contributed by atoms with Crippen molar-refractivity contribution in [3.63, 3.8) is 0 Å². The fourth-order valence-corrected chi connectivity index (χ4v) is 3.44. The van der Waals surface area contributed by atoms with Crippen LogP contribution in [0, 0.1) is 0 Å². The smallest absolute Gasteiger partial charge is 0.193 e. The maximum atomic E-state index is 5.89. The molecule has 1 heterocycles. The molecule has 0 amide bonds. The van der Waals surface area contributed by atoms with E-state index in [0.717, 1.165) is 36.2 Å². The van der Waals surface area contributed by atoms with E-state index in [0.29, 0.717) is 6.61 Å². The van der Waals surface area contributed by atoms with Gasteiger partial charge in [0.2, 0.25) is 0 Å². The molecule has 0 bridgehead atoms. The maximum Gasteiger partial charge on any atom is 0.193 e. The van der Waals surface area contributed by atoms with E-state index < -0.39 is 0 Å². The second kappa shape index (κ2) is 15.1. The predicted octanol–water partition coefficient (Wildman–Crippen LogP) is 3.26. The van der Waals surface area contributed by atoms with E-state index in [1.165, 1.54) is 45.7 Å². The molecule has 1 aliphatic heterocycles. The summed E-state index contributed by atoms with van der Waals surface area (Å²) in [5.74, 6) is 1.75. The Morgan fingerprint density at radius 1 is 1.14 bits per heavy atom. The van der Waals surface area contributed by atoms with Crippen LogP contribution in [0.3, 0.4) is 0 Å². The van der Waals surface area contributed by atoms with Gasteiger partial charge < -0.3 is 24.8 Å². The van der Waals surface area contributed by atoms with Gasteiger partial charge in [-0.2, -0.15) is 0 Å². The van der Waals surface area contributed by atoms with Crippen molar-refractivity contribution in [1.82, 2.24) is 20.0 Å². The molecule has 0 atom stereocenters. The third-order valence-electron chi connectivity index (χ3n) is 5.18. The molecule has 0 saturated carbocycles. The van der Waals surface area contributed by atoms with Crippen molar-refractivity contribution >= 4 is 41.5 Å². The lowest BCUT2D eigenvalue weighted by Gasteiger charge is -2.34. The molecular weight excluding hydrogens is 501 g/mol. The van der Waals surface area contributed by atoms with E-state index in [-0.39, 0.29) is 24.0 Å². The molecular formula is C21H37ClIN5O. The summed E-state index contributed by atoms with van der Waals surface area (Å²) in [6, 6.07) is 7.45. The standard InChI is InChI=1S/C21H36ClN5O.HI/c1-4-26-13-15-27(16-14-26)12-6-5-11-24-21(23-2)25(3)17-18-28-20-9-7-19(22)8-10-20;/h7-10H,4-6,11-18H2,1-3H3,(H,23,24);1H. The second-order valence-electron chi connectivity index (χ2n) is 7.18. The van der Waals surface area contributed by atoms with Crippen LogP contribution in [0.1, 0.15) is 19.8 Å². The number of likely N-dealkylation sites (N-methyl/N-ethyl adjacent to an activating group) is 2. The van der Waals surface area contributed by atoms with Crippen molar-refractivity contribution in [2.24, 2.45) is 4.99 Å². The Kier molecular flexibility index (Phi) is 13.7. The molecule has 0 aliphatic carbocycles. The van der Waals surface area contributed by atoms with E-state index in [9.17, 15) is 0 Å². The number of rotatable bonds is 10. The van der Waals surface area contributed by atoms with Crippen molar-refractivity contribution in [3.8, 4) is 5.75 Å². The normalized spacial score (nSPS) is 15.7. The first-order valence-corrected chi connectivity index (χ1v) is 10.7. The summed E-state index contributed by atoms with van der Waals surface area (Å²) in [6.07, 6.45) is 2.38. The van der Waals surface area contributed by atoms with Gasteiger partial charge in [0.1, 0.15) is 12.4 Å². The van der Waals surface area contributed by atoms with Crippen molar-refractivity contribution in [2.45, 2.75) is 19.8 Å². The zero-order valence-electron chi connectivity index (χ0n) is 18.1. The largest absolute Gasteiger partial charge is 0.492 e. The van der Waals surface area contributed by atoms with E-state index in [2.05, 4.69) is 31.9 Å². The van der Waals surface area contributed by atoms with Crippen LogP contribution in [0.15, 0.2) is 29.3 Å². The number of piperazine rings is 1. The number of aliphatic imine (C=N–C) groups is 1. The zero-order valence-corrected chi connectivity index (χ0v) is 21.2. The first kappa shape index (κ1) is 26.3. The lowest BCUT2D eigenvalue weighted by atomic mass is 10.2. The lowest BCUT2D eigenvalue weighted by Crippen LogP contribution is -2.46. The van der Waals surface area contributed by atoms with Crippen LogP contribution in [0.2, 0.25) is 5.02 Å². The molecule has 8 heteroatoms. The number of unbranched alkanes of at least 4 members (excludes halogenated alkanes) is 1. The Morgan fingerprint density at radius 2 is 1.79 bits per heavy atom. The quantitative estimate of drug-likeness (QED) is 0.215. The summed E-state index contributed by atoms with van der Waals surface area (Å²) < 4.78 is 5.76. The Morgan fingerprint density at radius 3 is 2.41 bits per heavy atom. The molecule has 1 aliphatic rings. The highest BCUT2D eigenvalue weighted by molar-refractivity contribution is 14.0. The average Bonchev–Trinajstić information content (AvgIpc) is 2.72. The number of guanidine groups is 1. The number of halogens is 2. The Balaban J connectivity index is 0.00000420. The van der Waals surface area contributed by atoms with Crippen LogP contribution in [-0.4, -0.2) is 93.7 Å². The molecule has 1 aromatic carbocycles. The van der Waals surface area contributed by atoms with Crippen LogP contribution in [0.5, 0.6) is 5.75 Å². The first-order chi connectivity index (χ1) is 13.6. The molecule has 29 heavy (non-hydrogen) atoms. The molecule has 1 N–H and O–H groups in total. The maximum absolute atomic E-state index is 5.89. The summed E-state index contributed by atoms with van der Waals surface area (Å²) in [5.41, 5.74) is 0. The predicted molar refractivity (Wildman–Crippen MR) is 134 cm³/mol. The van der Waals surface area contributed by atoms with Gasteiger partial charge in [-0.1, -0.05) is 18.5 Å².